The molecule has 0 spiro atoms. The normalized spacial score (nSPS) is 14.2. The van der Waals surface area contributed by atoms with E-state index in [4.69, 9.17) is 24.3 Å². The zero-order valence-corrected chi connectivity index (χ0v) is 50.4. The van der Waals surface area contributed by atoms with Gasteiger partial charge in [-0.2, -0.15) is 0 Å². The highest BCUT2D eigenvalue weighted by Crippen LogP contribution is 2.43. The molecule has 0 bridgehead atoms. The Hall–Kier alpha value is -4.63. The number of phosphoric acid groups is 1. The van der Waals surface area contributed by atoms with E-state index in [-0.39, 0.29) is 32.6 Å². The van der Waals surface area contributed by atoms with Gasteiger partial charge in [-0.15, -0.1) is 0 Å². The van der Waals surface area contributed by atoms with Crippen LogP contribution in [0.4, 0.5) is 0 Å². The van der Waals surface area contributed by atoms with E-state index in [9.17, 15) is 19.0 Å². The summed E-state index contributed by atoms with van der Waals surface area (Å²) in [5, 5.41) is 0. The molecule has 9 nitrogen and oxygen atoms in total. The van der Waals surface area contributed by atoms with Crippen molar-refractivity contribution in [2.75, 3.05) is 26.4 Å². The van der Waals surface area contributed by atoms with Gasteiger partial charge in [-0.3, -0.25) is 18.6 Å². The summed E-state index contributed by atoms with van der Waals surface area (Å²) in [4.78, 5) is 35.2. The summed E-state index contributed by atoms with van der Waals surface area (Å²) >= 11 is 0. The van der Waals surface area contributed by atoms with Crippen LogP contribution < -0.4 is 5.73 Å². The Labute approximate surface area is 482 Å². The van der Waals surface area contributed by atoms with E-state index in [1.165, 1.54) is 51.4 Å². The number of hydrogen-bond acceptors (Lipinski definition) is 8. The molecule has 2 atom stereocenters. The van der Waals surface area contributed by atoms with E-state index < -0.39 is 32.5 Å². The summed E-state index contributed by atoms with van der Waals surface area (Å²) in [5.74, 6) is -0.893. The van der Waals surface area contributed by atoms with Crippen molar-refractivity contribution in [2.24, 2.45) is 5.73 Å². The third kappa shape index (κ3) is 62.4. The molecule has 0 rings (SSSR count). The lowest BCUT2D eigenvalue weighted by Gasteiger charge is -2.19. The second kappa shape index (κ2) is 62.6. The molecule has 0 aromatic carbocycles. The highest BCUT2D eigenvalue weighted by molar-refractivity contribution is 7.47. The fourth-order valence-corrected chi connectivity index (χ4v) is 8.42. The molecule has 444 valence electrons. The minimum Gasteiger partial charge on any atom is -0.462 e. The SMILES string of the molecule is CC/C=C\C/C=C\C/C=C\C/C=C\C/C=C\C/C=C\C/C=C\C/C=C\CCCCCCCCCCCCCCC(=O)OC(COC(=O)CCCC/C=C\C/C=C\C/C=C\C/C=C\C/C=C\C/C=C\CC)COP(=O)(O)OCCN. The van der Waals surface area contributed by atoms with Crippen LogP contribution in [0.2, 0.25) is 0 Å². The van der Waals surface area contributed by atoms with E-state index in [1.807, 2.05) is 0 Å². The third-order valence-electron chi connectivity index (χ3n) is 12.1. The van der Waals surface area contributed by atoms with Crippen molar-refractivity contribution in [3.05, 3.63) is 170 Å². The molecule has 79 heavy (non-hydrogen) atoms. The Morgan fingerprint density at radius 1 is 0.380 bits per heavy atom. The Morgan fingerprint density at radius 3 is 1.00 bits per heavy atom. The molecular weight excluding hydrogens is 1000 g/mol. The summed E-state index contributed by atoms with van der Waals surface area (Å²) in [6, 6.07) is 0. The molecule has 0 saturated carbocycles. The van der Waals surface area contributed by atoms with Gasteiger partial charge in [0.2, 0.25) is 0 Å². The molecule has 0 fully saturated rings. The number of carbonyl (C=O) groups is 2. The lowest BCUT2D eigenvalue weighted by molar-refractivity contribution is -0.161. The molecule has 0 aliphatic heterocycles. The first-order valence-corrected chi connectivity index (χ1v) is 32.1. The first-order valence-electron chi connectivity index (χ1n) is 30.6. The Balaban J connectivity index is 4.03. The number of unbranched alkanes of at least 4 members (excludes halogenated alkanes) is 14. The molecular formula is C69H110NO8P. The molecule has 0 saturated heterocycles. The number of rotatable bonds is 55. The van der Waals surface area contributed by atoms with Crippen molar-refractivity contribution in [3.8, 4) is 0 Å². The van der Waals surface area contributed by atoms with E-state index in [0.717, 1.165) is 128 Å². The maximum Gasteiger partial charge on any atom is 0.472 e. The van der Waals surface area contributed by atoms with Crippen molar-refractivity contribution in [1.82, 2.24) is 0 Å². The number of ether oxygens (including phenoxy) is 2. The van der Waals surface area contributed by atoms with Gasteiger partial charge in [0.05, 0.1) is 13.2 Å². The Bertz CT molecular complexity index is 1890. The average Bonchev–Trinajstić information content (AvgIpc) is 3.44. The molecule has 0 amide bonds. The van der Waals surface area contributed by atoms with Gasteiger partial charge in [0.15, 0.2) is 6.10 Å². The summed E-state index contributed by atoms with van der Waals surface area (Å²) in [6.07, 6.45) is 92.7. The van der Waals surface area contributed by atoms with Crippen molar-refractivity contribution in [2.45, 2.75) is 225 Å². The summed E-state index contributed by atoms with van der Waals surface area (Å²) in [6.45, 7) is 3.44. The number of esters is 2. The van der Waals surface area contributed by atoms with Crippen LogP contribution in [0.3, 0.4) is 0 Å². The van der Waals surface area contributed by atoms with Crippen molar-refractivity contribution >= 4 is 19.8 Å². The van der Waals surface area contributed by atoms with Gasteiger partial charge in [-0.1, -0.05) is 248 Å². The molecule has 0 heterocycles. The summed E-state index contributed by atoms with van der Waals surface area (Å²) < 4.78 is 33.0. The molecule has 0 aliphatic rings. The van der Waals surface area contributed by atoms with Crippen molar-refractivity contribution in [3.63, 3.8) is 0 Å². The minimum atomic E-state index is -4.41. The second-order valence-corrected chi connectivity index (χ2v) is 20.9. The number of allylic oxidation sites excluding steroid dienone is 28. The summed E-state index contributed by atoms with van der Waals surface area (Å²) in [5.41, 5.74) is 5.38. The predicted molar refractivity (Wildman–Crippen MR) is 339 cm³/mol. The highest BCUT2D eigenvalue weighted by atomic mass is 31.2. The lowest BCUT2D eigenvalue weighted by Crippen LogP contribution is -2.29. The standard InChI is InChI=1S/C69H110NO8P/c1-3-5-7-9-11-13-15-17-19-21-23-25-26-27-28-29-30-31-32-33-34-35-36-37-38-39-40-42-44-46-48-50-52-54-56-58-60-62-69(72)78-67(66-77-79(73,74)76-64-63-70)65-75-68(71)61-59-57-55-53-51-49-47-45-43-41-24-22-20-18-16-14-12-10-8-6-4-2/h5-8,11-14,17-20,23-25,27-28,30-31,33-34,36-37,41,45,47,51,53,67H,3-4,9-10,15-16,21-22,26,29,32,35,38-40,42-44,46,48-50,52,54-66,70H2,1-2H3,(H,73,74)/b7-5-,8-6-,13-11-,14-12-,19-17-,20-18-,25-23-,28-27-,31-30-,34-33-,37-36-,41-24-,47-45-,53-51-. The van der Waals surface area contributed by atoms with Gasteiger partial charge >= 0.3 is 19.8 Å². The Kier molecular flexibility index (Phi) is 58.9. The van der Waals surface area contributed by atoms with Gasteiger partial charge in [0.25, 0.3) is 0 Å². The van der Waals surface area contributed by atoms with Crippen LogP contribution in [0, 0.1) is 0 Å². The fourth-order valence-electron chi connectivity index (χ4n) is 7.65. The number of nitrogens with two attached hydrogens (primary N) is 1. The molecule has 0 aromatic rings. The van der Waals surface area contributed by atoms with Gasteiger partial charge in [0.1, 0.15) is 6.61 Å². The predicted octanol–water partition coefficient (Wildman–Crippen LogP) is 19.8. The molecule has 0 aromatic heterocycles. The van der Waals surface area contributed by atoms with E-state index in [1.54, 1.807) is 0 Å². The first-order chi connectivity index (χ1) is 38.8. The molecule has 0 aliphatic carbocycles. The highest BCUT2D eigenvalue weighted by Gasteiger charge is 2.26. The monoisotopic (exact) mass is 1110 g/mol. The van der Waals surface area contributed by atoms with Gasteiger partial charge < -0.3 is 20.1 Å². The van der Waals surface area contributed by atoms with Gasteiger partial charge in [-0.05, 0) is 128 Å². The molecule has 0 radical (unpaired) electrons. The average molecular weight is 1110 g/mol. The largest absolute Gasteiger partial charge is 0.472 e. The second-order valence-electron chi connectivity index (χ2n) is 19.5. The Morgan fingerprint density at radius 2 is 0.658 bits per heavy atom. The number of hydrogen-bond donors (Lipinski definition) is 2. The van der Waals surface area contributed by atoms with Crippen LogP contribution in [0.25, 0.3) is 0 Å². The maximum atomic E-state index is 12.7. The lowest BCUT2D eigenvalue weighted by atomic mass is 10.0. The number of carbonyl (C=O) groups excluding carboxylic acids is 2. The van der Waals surface area contributed by atoms with Crippen LogP contribution >= 0.6 is 7.82 Å². The van der Waals surface area contributed by atoms with Crippen LogP contribution in [0.15, 0.2) is 170 Å². The fraction of sp³-hybridized carbons (Fsp3) is 0.565. The molecule has 3 N–H and O–H groups in total. The topological polar surface area (TPSA) is 134 Å². The van der Waals surface area contributed by atoms with Gasteiger partial charge in [-0.25, -0.2) is 4.57 Å². The molecule has 10 heteroatoms. The van der Waals surface area contributed by atoms with Crippen LogP contribution in [0.5, 0.6) is 0 Å². The smallest absolute Gasteiger partial charge is 0.462 e. The van der Waals surface area contributed by atoms with Gasteiger partial charge in [0, 0.05) is 19.4 Å². The molecule has 2 unspecified atom stereocenters. The summed E-state index contributed by atoms with van der Waals surface area (Å²) in [7, 11) is -4.41. The first kappa shape index (κ1) is 74.4. The van der Waals surface area contributed by atoms with Crippen molar-refractivity contribution in [1.29, 1.82) is 0 Å². The van der Waals surface area contributed by atoms with Crippen LogP contribution in [-0.2, 0) is 32.7 Å². The quantitative estimate of drug-likeness (QED) is 0.0264. The maximum absolute atomic E-state index is 12.7. The van der Waals surface area contributed by atoms with E-state index in [0.29, 0.717) is 12.8 Å². The van der Waals surface area contributed by atoms with Crippen LogP contribution in [-0.4, -0.2) is 49.3 Å². The van der Waals surface area contributed by atoms with E-state index in [2.05, 4.69) is 184 Å². The third-order valence-corrected chi connectivity index (χ3v) is 13.1. The minimum absolute atomic E-state index is 0.0381. The van der Waals surface area contributed by atoms with Crippen LogP contribution in [0.1, 0.15) is 219 Å². The van der Waals surface area contributed by atoms with E-state index >= 15 is 0 Å². The van der Waals surface area contributed by atoms with Crippen molar-refractivity contribution < 1.29 is 37.6 Å². The zero-order valence-electron chi connectivity index (χ0n) is 49.5. The zero-order chi connectivity index (χ0) is 57.3. The number of phosphoric ester groups is 1.